The number of hydrogen-bond acceptors (Lipinski definition) is 4. The molecule has 4 nitrogen and oxygen atoms in total. The fourth-order valence-electron chi connectivity index (χ4n) is 3.85. The van der Waals surface area contributed by atoms with Gasteiger partial charge in [-0.25, -0.2) is 4.79 Å². The van der Waals surface area contributed by atoms with Gasteiger partial charge in [0.2, 0.25) is 0 Å². The van der Waals surface area contributed by atoms with Crippen LogP contribution in [0.1, 0.15) is 65.3 Å². The zero-order valence-corrected chi connectivity index (χ0v) is 17.2. The second kappa shape index (κ2) is 7.65. The Morgan fingerprint density at radius 2 is 1.90 bits per heavy atom. The summed E-state index contributed by atoms with van der Waals surface area (Å²) in [6.45, 7) is 6.43. The van der Waals surface area contributed by atoms with Crippen LogP contribution in [-0.4, -0.2) is 16.2 Å². The molecule has 2 unspecified atom stereocenters. The number of thiophene rings is 1. The average molecular weight is 427 g/mol. The van der Waals surface area contributed by atoms with E-state index in [2.05, 4.69) is 26.1 Å². The molecule has 29 heavy (non-hydrogen) atoms. The molecule has 0 fully saturated rings. The summed E-state index contributed by atoms with van der Waals surface area (Å²) in [6, 6.07) is 4.73. The van der Waals surface area contributed by atoms with Crippen LogP contribution in [0.2, 0.25) is 0 Å². The number of alkyl halides is 3. The first-order valence-corrected chi connectivity index (χ1v) is 10.2. The van der Waals surface area contributed by atoms with E-state index in [1.165, 1.54) is 29.5 Å². The lowest BCUT2D eigenvalue weighted by molar-refractivity contribution is -0.139. The van der Waals surface area contributed by atoms with Crippen LogP contribution in [0.4, 0.5) is 18.2 Å². The van der Waals surface area contributed by atoms with Gasteiger partial charge in [0.25, 0.3) is 0 Å². The third-order valence-corrected chi connectivity index (χ3v) is 6.72. The van der Waals surface area contributed by atoms with Crippen LogP contribution in [0.25, 0.3) is 0 Å². The number of fused-ring (bicyclic) bond motifs is 1. The van der Waals surface area contributed by atoms with Crippen LogP contribution < -0.4 is 5.32 Å². The zero-order valence-electron chi connectivity index (χ0n) is 16.4. The molecule has 2 aromatic rings. The van der Waals surface area contributed by atoms with E-state index in [9.17, 15) is 28.2 Å². The fraction of sp³-hybridized carbons (Fsp3) is 0.476. The predicted octanol–water partition coefficient (Wildman–Crippen LogP) is 5.72. The highest BCUT2D eigenvalue weighted by atomic mass is 32.1. The highest BCUT2D eigenvalue weighted by Gasteiger charge is 2.36. The van der Waals surface area contributed by atoms with Gasteiger partial charge in [0.15, 0.2) is 6.23 Å². The summed E-state index contributed by atoms with van der Waals surface area (Å²) >= 11 is 1.21. The van der Waals surface area contributed by atoms with Crippen molar-refractivity contribution in [3.05, 3.63) is 51.4 Å². The molecule has 1 aromatic heterocycles. The number of aliphatic hydroxyl groups is 1. The Hall–Kier alpha value is -2.06. The summed E-state index contributed by atoms with van der Waals surface area (Å²) in [5.74, 6) is -0.755. The predicted molar refractivity (Wildman–Crippen MR) is 106 cm³/mol. The molecule has 2 atom stereocenters. The van der Waals surface area contributed by atoms with Gasteiger partial charge in [0.1, 0.15) is 5.00 Å². The molecule has 0 radical (unpaired) electrons. The number of carbonyl (C=O) groups is 1. The van der Waals surface area contributed by atoms with Crippen molar-refractivity contribution >= 4 is 22.3 Å². The average Bonchev–Trinajstić information content (AvgIpc) is 2.97. The molecule has 0 aliphatic heterocycles. The van der Waals surface area contributed by atoms with Gasteiger partial charge in [0, 0.05) is 10.4 Å². The number of halogens is 3. The quantitative estimate of drug-likeness (QED) is 0.546. The standard InChI is InChI=1S/C21H24F3NO3S/c1-20(2,3)11-8-9-13-15(10-11)29-18(16(13)19(27)28)25-17(26)12-6-4-5-7-14(12)21(22,23)24/h4-7,11,17,25-26H,8-10H2,1-3H3,(H,27,28). The Bertz CT molecular complexity index is 915. The van der Waals surface area contributed by atoms with Crippen molar-refractivity contribution in [3.63, 3.8) is 0 Å². The number of carboxylic acids is 1. The number of rotatable bonds is 4. The molecule has 1 aromatic carbocycles. The monoisotopic (exact) mass is 427 g/mol. The molecule has 1 heterocycles. The lowest BCUT2D eigenvalue weighted by atomic mass is 9.72. The maximum Gasteiger partial charge on any atom is 0.416 e. The van der Waals surface area contributed by atoms with Gasteiger partial charge < -0.3 is 15.5 Å². The van der Waals surface area contributed by atoms with Crippen molar-refractivity contribution in [2.24, 2.45) is 11.3 Å². The number of aromatic carboxylic acids is 1. The minimum absolute atomic E-state index is 0.0564. The molecular formula is C21H24F3NO3S. The second-order valence-electron chi connectivity index (χ2n) is 8.45. The minimum Gasteiger partial charge on any atom is -0.478 e. The van der Waals surface area contributed by atoms with E-state index >= 15 is 0 Å². The third kappa shape index (κ3) is 4.43. The van der Waals surface area contributed by atoms with E-state index in [0.717, 1.165) is 29.3 Å². The van der Waals surface area contributed by atoms with Gasteiger partial charge in [-0.05, 0) is 42.2 Å². The summed E-state index contributed by atoms with van der Waals surface area (Å²) in [5, 5.41) is 23.0. The van der Waals surface area contributed by atoms with Crippen LogP contribution in [-0.2, 0) is 19.0 Å². The zero-order chi connectivity index (χ0) is 21.6. The van der Waals surface area contributed by atoms with Crippen molar-refractivity contribution < 1.29 is 28.2 Å². The van der Waals surface area contributed by atoms with Crippen molar-refractivity contribution in [2.45, 2.75) is 52.4 Å². The van der Waals surface area contributed by atoms with E-state index in [-0.39, 0.29) is 21.5 Å². The number of anilines is 1. The van der Waals surface area contributed by atoms with Crippen LogP contribution in [0, 0.1) is 11.3 Å². The molecule has 158 valence electrons. The smallest absolute Gasteiger partial charge is 0.416 e. The molecule has 0 bridgehead atoms. The van der Waals surface area contributed by atoms with Gasteiger partial charge in [-0.2, -0.15) is 13.2 Å². The van der Waals surface area contributed by atoms with E-state index < -0.39 is 23.9 Å². The van der Waals surface area contributed by atoms with E-state index in [0.29, 0.717) is 12.3 Å². The molecule has 0 saturated heterocycles. The third-order valence-electron chi connectivity index (χ3n) is 5.53. The Morgan fingerprint density at radius 1 is 1.24 bits per heavy atom. The van der Waals surface area contributed by atoms with Crippen LogP contribution in [0.5, 0.6) is 0 Å². The first-order valence-electron chi connectivity index (χ1n) is 9.38. The SMILES string of the molecule is CC(C)(C)C1CCc2c(sc(NC(O)c3ccccc3C(F)(F)F)c2C(=O)O)C1. The summed E-state index contributed by atoms with van der Waals surface area (Å²) in [6.07, 6.45) is -4.12. The van der Waals surface area contributed by atoms with E-state index in [1.54, 1.807) is 0 Å². The number of nitrogens with one attached hydrogen (secondary N) is 1. The first-order chi connectivity index (χ1) is 13.4. The van der Waals surface area contributed by atoms with Crippen molar-refractivity contribution in [1.29, 1.82) is 0 Å². The van der Waals surface area contributed by atoms with Crippen LogP contribution in [0.3, 0.4) is 0 Å². The molecule has 1 aliphatic carbocycles. The van der Waals surface area contributed by atoms with Gasteiger partial charge >= 0.3 is 12.1 Å². The summed E-state index contributed by atoms with van der Waals surface area (Å²) in [4.78, 5) is 12.8. The Balaban J connectivity index is 1.95. The van der Waals surface area contributed by atoms with Gasteiger partial charge in [0.05, 0.1) is 11.1 Å². The lowest BCUT2D eigenvalue weighted by Crippen LogP contribution is -2.26. The second-order valence-corrected chi connectivity index (χ2v) is 9.56. The maximum atomic E-state index is 13.3. The molecule has 3 N–H and O–H groups in total. The summed E-state index contributed by atoms with van der Waals surface area (Å²) in [7, 11) is 0. The number of carboxylic acid groups (broad SMARTS) is 1. The number of benzene rings is 1. The summed E-state index contributed by atoms with van der Waals surface area (Å²) in [5.41, 5.74) is -0.437. The van der Waals surface area contributed by atoms with Crippen LogP contribution >= 0.6 is 11.3 Å². The van der Waals surface area contributed by atoms with E-state index in [4.69, 9.17) is 0 Å². The molecule has 0 spiro atoms. The Kier molecular flexibility index (Phi) is 5.71. The maximum absolute atomic E-state index is 13.3. The number of aliphatic hydroxyl groups excluding tert-OH is 1. The number of hydrogen-bond donors (Lipinski definition) is 3. The minimum atomic E-state index is -4.62. The van der Waals surface area contributed by atoms with Crippen molar-refractivity contribution in [2.75, 3.05) is 5.32 Å². The topological polar surface area (TPSA) is 69.6 Å². The summed E-state index contributed by atoms with van der Waals surface area (Å²) < 4.78 is 39.8. The van der Waals surface area contributed by atoms with Gasteiger partial charge in [-0.1, -0.05) is 39.0 Å². The van der Waals surface area contributed by atoms with Gasteiger partial charge in [-0.3, -0.25) is 0 Å². The van der Waals surface area contributed by atoms with Crippen molar-refractivity contribution in [1.82, 2.24) is 0 Å². The molecule has 3 rings (SSSR count). The Morgan fingerprint density at radius 3 is 2.48 bits per heavy atom. The normalized spacial score (nSPS) is 18.2. The largest absolute Gasteiger partial charge is 0.478 e. The fourth-order valence-corrected chi connectivity index (χ4v) is 5.19. The molecule has 0 amide bonds. The first kappa shape index (κ1) is 21.6. The molecule has 1 aliphatic rings. The molecule has 0 saturated carbocycles. The highest BCUT2D eigenvalue weighted by molar-refractivity contribution is 7.16. The van der Waals surface area contributed by atoms with Gasteiger partial charge in [-0.15, -0.1) is 11.3 Å². The lowest BCUT2D eigenvalue weighted by Gasteiger charge is -2.33. The Labute approximate surface area is 171 Å². The molecular weight excluding hydrogens is 403 g/mol. The van der Waals surface area contributed by atoms with E-state index in [1.807, 2.05) is 0 Å². The van der Waals surface area contributed by atoms with Crippen LogP contribution in [0.15, 0.2) is 24.3 Å². The highest BCUT2D eigenvalue weighted by Crippen LogP contribution is 2.45. The van der Waals surface area contributed by atoms with Crippen molar-refractivity contribution in [3.8, 4) is 0 Å². The molecule has 8 heteroatoms.